The fraction of sp³-hybridized carbons (Fsp3) is 0.333. The molecule has 2 amide bonds. The lowest BCUT2D eigenvalue weighted by atomic mass is 10.1. The minimum Gasteiger partial charge on any atom is -0.352 e. The molecule has 0 aliphatic heterocycles. The first-order chi connectivity index (χ1) is 18.6. The van der Waals surface area contributed by atoms with Crippen LogP contribution in [0.2, 0.25) is 0 Å². The van der Waals surface area contributed by atoms with Crippen molar-refractivity contribution in [2.24, 2.45) is 0 Å². The summed E-state index contributed by atoms with van der Waals surface area (Å²) in [7, 11) is -4.06. The minimum atomic E-state index is -4.06. The summed E-state index contributed by atoms with van der Waals surface area (Å²) in [4.78, 5) is 28.8. The Labute approximate surface area is 239 Å². The zero-order valence-corrected chi connectivity index (χ0v) is 24.6. The van der Waals surface area contributed by atoms with Crippen LogP contribution < -0.4 is 9.62 Å². The number of hydrogen-bond donors (Lipinski definition) is 1. The predicted molar refractivity (Wildman–Crippen MR) is 157 cm³/mol. The molecule has 1 saturated carbocycles. The molecular formula is C30H34BrN3O4S. The molecule has 0 saturated heterocycles. The van der Waals surface area contributed by atoms with Crippen molar-refractivity contribution < 1.29 is 18.0 Å². The fourth-order valence-electron chi connectivity index (χ4n) is 4.77. The average molecular weight is 613 g/mol. The molecule has 206 valence electrons. The third kappa shape index (κ3) is 7.28. The Bertz CT molecular complexity index is 1390. The number of amides is 2. The molecule has 1 unspecified atom stereocenters. The Morgan fingerprint density at radius 1 is 0.974 bits per heavy atom. The molecule has 3 aromatic rings. The number of aryl methyl sites for hydroxylation is 1. The summed E-state index contributed by atoms with van der Waals surface area (Å²) >= 11 is 3.47. The molecule has 1 N–H and O–H groups in total. The molecular weight excluding hydrogens is 578 g/mol. The standard InChI is InChI=1S/C30H34BrN3O4S/c1-22-15-17-27(18-16-22)34(39(37,38)28-13-4-3-5-14-28)21-29(35)33(20-24-9-8-10-25(31)19-24)23(2)30(36)32-26-11-6-7-12-26/h3-5,8-10,13-19,23,26H,6-7,11-12,20-21H2,1-2H3,(H,32,36). The number of anilines is 1. The van der Waals surface area contributed by atoms with Crippen LogP contribution in [-0.4, -0.2) is 43.8 Å². The van der Waals surface area contributed by atoms with Gasteiger partial charge in [-0.05, 0) is 68.7 Å². The molecule has 1 fully saturated rings. The van der Waals surface area contributed by atoms with Crippen LogP contribution in [0, 0.1) is 6.92 Å². The number of sulfonamides is 1. The number of halogens is 1. The summed E-state index contributed by atoms with van der Waals surface area (Å²) in [6.07, 6.45) is 3.99. The maximum Gasteiger partial charge on any atom is 0.264 e. The number of nitrogens with one attached hydrogen (secondary N) is 1. The number of carbonyl (C=O) groups excluding carboxylic acids is 2. The lowest BCUT2D eigenvalue weighted by Crippen LogP contribution is -2.52. The summed E-state index contributed by atoms with van der Waals surface area (Å²) in [6, 6.07) is 21.9. The Kier molecular flexibility index (Phi) is 9.45. The Morgan fingerprint density at radius 3 is 2.28 bits per heavy atom. The van der Waals surface area contributed by atoms with Gasteiger partial charge < -0.3 is 10.2 Å². The normalized spacial score (nSPS) is 14.5. The van der Waals surface area contributed by atoms with Crippen molar-refractivity contribution in [3.8, 4) is 0 Å². The van der Waals surface area contributed by atoms with Crippen LogP contribution in [0.25, 0.3) is 0 Å². The first-order valence-corrected chi connectivity index (χ1v) is 15.4. The molecule has 1 atom stereocenters. The van der Waals surface area contributed by atoms with Crippen molar-refractivity contribution in [3.05, 3.63) is 94.5 Å². The lowest BCUT2D eigenvalue weighted by Gasteiger charge is -2.32. The second-order valence-corrected chi connectivity index (χ2v) is 12.8. The molecule has 4 rings (SSSR count). The Morgan fingerprint density at radius 2 is 1.64 bits per heavy atom. The number of hydrogen-bond acceptors (Lipinski definition) is 4. The van der Waals surface area contributed by atoms with Gasteiger partial charge in [-0.25, -0.2) is 8.42 Å². The first-order valence-electron chi connectivity index (χ1n) is 13.1. The van der Waals surface area contributed by atoms with E-state index in [1.165, 1.54) is 17.0 Å². The van der Waals surface area contributed by atoms with Crippen LogP contribution in [0.4, 0.5) is 5.69 Å². The van der Waals surface area contributed by atoms with E-state index in [2.05, 4.69) is 21.2 Å². The van der Waals surface area contributed by atoms with E-state index in [4.69, 9.17) is 0 Å². The van der Waals surface area contributed by atoms with E-state index in [1.807, 2.05) is 43.3 Å². The molecule has 39 heavy (non-hydrogen) atoms. The second kappa shape index (κ2) is 12.8. The van der Waals surface area contributed by atoms with Gasteiger partial charge in [0.25, 0.3) is 10.0 Å². The molecule has 0 spiro atoms. The SMILES string of the molecule is Cc1ccc(N(CC(=O)N(Cc2cccc(Br)c2)C(C)C(=O)NC2CCCC2)S(=O)(=O)c2ccccc2)cc1. The van der Waals surface area contributed by atoms with Gasteiger partial charge in [-0.3, -0.25) is 13.9 Å². The topological polar surface area (TPSA) is 86.8 Å². The van der Waals surface area contributed by atoms with E-state index >= 15 is 0 Å². The highest BCUT2D eigenvalue weighted by Gasteiger charge is 2.33. The second-order valence-electron chi connectivity index (χ2n) is 9.98. The van der Waals surface area contributed by atoms with E-state index in [0.29, 0.717) is 5.69 Å². The van der Waals surface area contributed by atoms with Crippen LogP contribution >= 0.6 is 15.9 Å². The molecule has 1 aliphatic carbocycles. The molecule has 9 heteroatoms. The van der Waals surface area contributed by atoms with Crippen LogP contribution in [0.15, 0.2) is 88.2 Å². The van der Waals surface area contributed by atoms with Crippen molar-refractivity contribution in [1.29, 1.82) is 0 Å². The van der Waals surface area contributed by atoms with E-state index in [1.54, 1.807) is 37.3 Å². The monoisotopic (exact) mass is 611 g/mol. The molecule has 0 heterocycles. The maximum atomic E-state index is 14.0. The number of nitrogens with zero attached hydrogens (tertiary/aromatic N) is 2. The number of benzene rings is 3. The lowest BCUT2D eigenvalue weighted by molar-refractivity contribution is -0.139. The van der Waals surface area contributed by atoms with Crippen LogP contribution in [-0.2, 0) is 26.2 Å². The first kappa shape index (κ1) is 28.8. The molecule has 0 aromatic heterocycles. The highest BCUT2D eigenvalue weighted by atomic mass is 79.9. The van der Waals surface area contributed by atoms with Gasteiger partial charge in [0.15, 0.2) is 0 Å². The van der Waals surface area contributed by atoms with E-state index in [9.17, 15) is 18.0 Å². The van der Waals surface area contributed by atoms with Gasteiger partial charge in [-0.2, -0.15) is 0 Å². The summed E-state index contributed by atoms with van der Waals surface area (Å²) in [5, 5.41) is 3.08. The molecule has 0 radical (unpaired) electrons. The van der Waals surface area contributed by atoms with Crippen molar-refractivity contribution in [1.82, 2.24) is 10.2 Å². The number of carbonyl (C=O) groups is 2. The van der Waals surface area contributed by atoms with Gasteiger partial charge in [0.05, 0.1) is 10.6 Å². The van der Waals surface area contributed by atoms with Gasteiger partial charge in [0.2, 0.25) is 11.8 Å². The number of rotatable bonds is 10. The Hall–Kier alpha value is -3.17. The Balaban J connectivity index is 1.67. The highest BCUT2D eigenvalue weighted by molar-refractivity contribution is 9.10. The third-order valence-electron chi connectivity index (χ3n) is 7.04. The smallest absolute Gasteiger partial charge is 0.264 e. The van der Waals surface area contributed by atoms with Crippen molar-refractivity contribution in [3.63, 3.8) is 0 Å². The van der Waals surface area contributed by atoms with Gasteiger partial charge in [0, 0.05) is 17.1 Å². The zero-order chi connectivity index (χ0) is 28.0. The van der Waals surface area contributed by atoms with E-state index in [0.717, 1.165) is 45.6 Å². The minimum absolute atomic E-state index is 0.0870. The molecule has 1 aliphatic rings. The van der Waals surface area contributed by atoms with Gasteiger partial charge in [-0.15, -0.1) is 0 Å². The van der Waals surface area contributed by atoms with Crippen LogP contribution in [0.1, 0.15) is 43.7 Å². The quantitative estimate of drug-likeness (QED) is 0.331. The third-order valence-corrected chi connectivity index (χ3v) is 9.32. The summed E-state index contributed by atoms with van der Waals surface area (Å²) in [6.45, 7) is 3.32. The summed E-state index contributed by atoms with van der Waals surface area (Å²) < 4.78 is 29.5. The van der Waals surface area contributed by atoms with E-state index in [-0.39, 0.29) is 23.4 Å². The van der Waals surface area contributed by atoms with Crippen LogP contribution in [0.3, 0.4) is 0 Å². The van der Waals surface area contributed by atoms with Gasteiger partial charge in [-0.1, -0.05) is 76.8 Å². The van der Waals surface area contributed by atoms with Gasteiger partial charge >= 0.3 is 0 Å². The molecule has 3 aromatic carbocycles. The van der Waals surface area contributed by atoms with Crippen LogP contribution in [0.5, 0.6) is 0 Å². The zero-order valence-electron chi connectivity index (χ0n) is 22.2. The van der Waals surface area contributed by atoms with Crippen molar-refractivity contribution in [2.45, 2.75) is 63.1 Å². The molecule has 7 nitrogen and oxygen atoms in total. The van der Waals surface area contributed by atoms with Crippen molar-refractivity contribution in [2.75, 3.05) is 10.8 Å². The van der Waals surface area contributed by atoms with Crippen molar-refractivity contribution >= 4 is 43.5 Å². The summed E-state index contributed by atoms with van der Waals surface area (Å²) in [5.74, 6) is -0.706. The largest absolute Gasteiger partial charge is 0.352 e. The van der Waals surface area contributed by atoms with Gasteiger partial charge in [0.1, 0.15) is 12.6 Å². The van der Waals surface area contributed by atoms with E-state index < -0.39 is 28.5 Å². The highest BCUT2D eigenvalue weighted by Crippen LogP contribution is 2.25. The summed E-state index contributed by atoms with van der Waals surface area (Å²) in [5.41, 5.74) is 2.17. The maximum absolute atomic E-state index is 14.0. The fourth-order valence-corrected chi connectivity index (χ4v) is 6.65. The molecule has 0 bridgehead atoms. The average Bonchev–Trinajstić information content (AvgIpc) is 3.44. The predicted octanol–water partition coefficient (Wildman–Crippen LogP) is 5.43.